The maximum atomic E-state index is 12.2. The SMILES string of the molecule is CC1CCNC1C(=O)Nc1c(Br)cc(Br)cc1C(=O)O. The fraction of sp³-hybridized carbons (Fsp3) is 0.385. The van der Waals surface area contributed by atoms with E-state index < -0.39 is 5.97 Å². The van der Waals surface area contributed by atoms with Crippen molar-refractivity contribution in [2.75, 3.05) is 11.9 Å². The van der Waals surface area contributed by atoms with Gasteiger partial charge < -0.3 is 15.7 Å². The third kappa shape index (κ3) is 3.21. The Labute approximate surface area is 133 Å². The number of carbonyl (C=O) groups excluding carboxylic acids is 1. The normalized spacial score (nSPS) is 21.8. The van der Waals surface area contributed by atoms with Crippen LogP contribution in [0.1, 0.15) is 23.7 Å². The topological polar surface area (TPSA) is 78.4 Å². The summed E-state index contributed by atoms with van der Waals surface area (Å²) in [5, 5.41) is 15.1. The van der Waals surface area contributed by atoms with Gasteiger partial charge in [0.15, 0.2) is 0 Å². The van der Waals surface area contributed by atoms with Crippen molar-refractivity contribution in [1.29, 1.82) is 0 Å². The first kappa shape index (κ1) is 15.5. The van der Waals surface area contributed by atoms with Gasteiger partial charge in [-0.25, -0.2) is 4.79 Å². The number of amides is 1. The highest BCUT2D eigenvalue weighted by atomic mass is 79.9. The summed E-state index contributed by atoms with van der Waals surface area (Å²) < 4.78 is 1.16. The number of halogens is 2. The summed E-state index contributed by atoms with van der Waals surface area (Å²) in [6.45, 7) is 2.80. The van der Waals surface area contributed by atoms with Crippen molar-refractivity contribution in [1.82, 2.24) is 5.32 Å². The number of hydrogen-bond donors (Lipinski definition) is 3. The Hall–Kier alpha value is -0.920. The van der Waals surface area contributed by atoms with E-state index in [2.05, 4.69) is 42.5 Å². The molecule has 0 spiro atoms. The number of anilines is 1. The molecule has 1 aliphatic heterocycles. The molecular formula is C13H14Br2N2O3. The number of hydrogen-bond acceptors (Lipinski definition) is 3. The van der Waals surface area contributed by atoms with Gasteiger partial charge in [-0.3, -0.25) is 4.79 Å². The zero-order valence-electron chi connectivity index (χ0n) is 10.7. The summed E-state index contributed by atoms with van der Waals surface area (Å²) in [5.41, 5.74) is 0.330. The molecule has 1 heterocycles. The fourth-order valence-electron chi connectivity index (χ4n) is 2.26. The van der Waals surface area contributed by atoms with Crippen LogP contribution >= 0.6 is 31.9 Å². The molecule has 0 aromatic heterocycles. The molecule has 0 bridgehead atoms. The zero-order chi connectivity index (χ0) is 14.9. The summed E-state index contributed by atoms with van der Waals surface area (Å²) in [4.78, 5) is 23.5. The Kier molecular flexibility index (Phi) is 4.82. The summed E-state index contributed by atoms with van der Waals surface area (Å²) in [5.74, 6) is -1.06. The molecule has 1 fully saturated rings. The van der Waals surface area contributed by atoms with Crippen molar-refractivity contribution in [3.8, 4) is 0 Å². The first-order valence-corrected chi connectivity index (χ1v) is 7.75. The van der Waals surface area contributed by atoms with Gasteiger partial charge in [0, 0.05) is 8.95 Å². The molecule has 0 radical (unpaired) electrons. The van der Waals surface area contributed by atoms with Gasteiger partial charge >= 0.3 is 5.97 Å². The van der Waals surface area contributed by atoms with Gasteiger partial charge in [0.05, 0.1) is 17.3 Å². The first-order valence-electron chi connectivity index (χ1n) is 6.16. The lowest BCUT2D eigenvalue weighted by Crippen LogP contribution is -2.39. The smallest absolute Gasteiger partial charge is 0.337 e. The Morgan fingerprint density at radius 1 is 1.40 bits per heavy atom. The average Bonchev–Trinajstić information content (AvgIpc) is 2.78. The van der Waals surface area contributed by atoms with Crippen LogP contribution < -0.4 is 10.6 Å². The minimum atomic E-state index is -1.09. The van der Waals surface area contributed by atoms with Crippen LogP contribution in [0.3, 0.4) is 0 Å². The predicted molar refractivity (Wildman–Crippen MR) is 83.0 cm³/mol. The van der Waals surface area contributed by atoms with Crippen LogP contribution in [0.2, 0.25) is 0 Å². The van der Waals surface area contributed by atoms with Gasteiger partial charge in [0.25, 0.3) is 0 Å². The molecule has 7 heteroatoms. The van der Waals surface area contributed by atoms with Crippen molar-refractivity contribution in [2.24, 2.45) is 5.92 Å². The fourth-order valence-corrected chi connectivity index (χ4v) is 3.58. The van der Waals surface area contributed by atoms with E-state index in [1.165, 1.54) is 6.07 Å². The molecule has 108 valence electrons. The van der Waals surface area contributed by atoms with Crippen LogP contribution in [0.4, 0.5) is 5.69 Å². The maximum Gasteiger partial charge on any atom is 0.337 e. The van der Waals surface area contributed by atoms with E-state index in [1.54, 1.807) is 6.07 Å². The average molecular weight is 406 g/mol. The number of carbonyl (C=O) groups is 2. The van der Waals surface area contributed by atoms with E-state index in [4.69, 9.17) is 0 Å². The highest BCUT2D eigenvalue weighted by molar-refractivity contribution is 9.11. The molecule has 1 saturated heterocycles. The van der Waals surface area contributed by atoms with E-state index >= 15 is 0 Å². The Morgan fingerprint density at radius 3 is 2.65 bits per heavy atom. The van der Waals surface area contributed by atoms with Crippen molar-refractivity contribution < 1.29 is 14.7 Å². The number of carboxylic acid groups (broad SMARTS) is 1. The van der Waals surface area contributed by atoms with Gasteiger partial charge in [-0.15, -0.1) is 0 Å². The minimum Gasteiger partial charge on any atom is -0.478 e. The van der Waals surface area contributed by atoms with Gasteiger partial charge in [0.1, 0.15) is 0 Å². The molecule has 3 N–H and O–H groups in total. The molecule has 20 heavy (non-hydrogen) atoms. The summed E-state index contributed by atoms with van der Waals surface area (Å²) >= 11 is 6.53. The summed E-state index contributed by atoms with van der Waals surface area (Å²) in [7, 11) is 0. The van der Waals surface area contributed by atoms with Gasteiger partial charge in [-0.1, -0.05) is 22.9 Å². The lowest BCUT2D eigenvalue weighted by atomic mass is 10.0. The lowest BCUT2D eigenvalue weighted by Gasteiger charge is -2.17. The molecule has 2 unspecified atom stereocenters. The molecule has 2 rings (SSSR count). The highest BCUT2D eigenvalue weighted by Gasteiger charge is 2.30. The van der Waals surface area contributed by atoms with Crippen LogP contribution in [0.5, 0.6) is 0 Å². The Balaban J connectivity index is 2.29. The molecular weight excluding hydrogens is 392 g/mol. The zero-order valence-corrected chi connectivity index (χ0v) is 13.9. The maximum absolute atomic E-state index is 12.2. The largest absolute Gasteiger partial charge is 0.478 e. The molecule has 1 aromatic rings. The van der Waals surface area contributed by atoms with Crippen molar-refractivity contribution in [2.45, 2.75) is 19.4 Å². The van der Waals surface area contributed by atoms with Gasteiger partial charge in [0.2, 0.25) is 5.91 Å². The van der Waals surface area contributed by atoms with E-state index in [9.17, 15) is 14.7 Å². The van der Waals surface area contributed by atoms with E-state index in [-0.39, 0.29) is 29.1 Å². The number of rotatable bonds is 3. The molecule has 1 aromatic carbocycles. The highest BCUT2D eigenvalue weighted by Crippen LogP contribution is 2.31. The van der Waals surface area contributed by atoms with E-state index in [0.29, 0.717) is 8.95 Å². The standard InChI is InChI=1S/C13H14Br2N2O3/c1-6-2-3-16-10(6)12(18)17-11-8(13(19)20)4-7(14)5-9(11)15/h4-6,10,16H,2-3H2,1H3,(H,17,18)(H,19,20). The molecule has 0 aliphatic carbocycles. The van der Waals surface area contributed by atoms with Crippen LogP contribution in [-0.4, -0.2) is 29.6 Å². The number of carboxylic acids is 1. The monoisotopic (exact) mass is 404 g/mol. The minimum absolute atomic E-state index is 0.0465. The molecule has 2 atom stereocenters. The predicted octanol–water partition coefficient (Wildman–Crippen LogP) is 2.85. The van der Waals surface area contributed by atoms with Gasteiger partial charge in [-0.05, 0) is 46.9 Å². The van der Waals surface area contributed by atoms with Crippen molar-refractivity contribution >= 4 is 49.4 Å². The molecule has 0 saturated carbocycles. The second kappa shape index (κ2) is 6.24. The quantitative estimate of drug-likeness (QED) is 0.722. The van der Waals surface area contributed by atoms with Crippen LogP contribution in [0, 0.1) is 5.92 Å². The Bertz CT molecular complexity index is 563. The van der Waals surface area contributed by atoms with Crippen molar-refractivity contribution in [3.05, 3.63) is 26.6 Å². The number of aromatic carboxylic acids is 1. The van der Waals surface area contributed by atoms with Crippen molar-refractivity contribution in [3.63, 3.8) is 0 Å². The third-order valence-corrected chi connectivity index (χ3v) is 4.43. The molecule has 1 amide bonds. The Morgan fingerprint density at radius 2 is 2.10 bits per heavy atom. The summed E-state index contributed by atoms with van der Waals surface area (Å²) in [6.07, 6.45) is 0.936. The van der Waals surface area contributed by atoms with Crippen LogP contribution in [0.15, 0.2) is 21.1 Å². The number of benzene rings is 1. The lowest BCUT2D eigenvalue weighted by molar-refractivity contribution is -0.118. The number of nitrogens with one attached hydrogen (secondary N) is 2. The summed E-state index contributed by atoms with van der Waals surface area (Å²) in [6, 6.07) is 2.88. The first-order chi connectivity index (χ1) is 9.40. The van der Waals surface area contributed by atoms with E-state index in [1.807, 2.05) is 6.92 Å². The second-order valence-corrected chi connectivity index (χ2v) is 6.57. The second-order valence-electron chi connectivity index (χ2n) is 4.80. The van der Waals surface area contributed by atoms with Gasteiger partial charge in [-0.2, -0.15) is 0 Å². The van der Waals surface area contributed by atoms with Crippen LogP contribution in [0.25, 0.3) is 0 Å². The molecule has 1 aliphatic rings. The van der Waals surface area contributed by atoms with Crippen LogP contribution in [-0.2, 0) is 4.79 Å². The van der Waals surface area contributed by atoms with E-state index in [0.717, 1.165) is 13.0 Å². The molecule has 5 nitrogen and oxygen atoms in total. The third-order valence-electron chi connectivity index (χ3n) is 3.35.